The molecule has 1 heterocycles. The Labute approximate surface area is 150 Å². The van der Waals surface area contributed by atoms with Crippen molar-refractivity contribution in [1.82, 2.24) is 0 Å². The maximum absolute atomic E-state index is 12.5. The van der Waals surface area contributed by atoms with Crippen LogP contribution in [0.2, 0.25) is 0 Å². The van der Waals surface area contributed by atoms with Crippen LogP contribution in [-0.2, 0) is 9.59 Å². The fourth-order valence-electron chi connectivity index (χ4n) is 2.35. The molecular weight excluding hydrogens is 459 g/mol. The second-order valence-electron chi connectivity index (χ2n) is 4.95. The van der Waals surface area contributed by atoms with Gasteiger partial charge in [0, 0.05) is 13.7 Å². The Bertz CT molecular complexity index is 716. The molecule has 1 aliphatic rings. The summed E-state index contributed by atoms with van der Waals surface area (Å²) in [6.07, 6.45) is 0.168. The van der Waals surface area contributed by atoms with E-state index in [1.165, 1.54) is 4.90 Å². The molecule has 2 amide bonds. The maximum atomic E-state index is 12.5. The van der Waals surface area contributed by atoms with Gasteiger partial charge in [0.15, 0.2) is 0 Å². The SMILES string of the molecule is O=C1CC(Nc2ccc(I)cc2)C(=O)N1c1ccc(Br)cc1. The van der Waals surface area contributed by atoms with Crippen LogP contribution in [0, 0.1) is 3.57 Å². The monoisotopic (exact) mass is 470 g/mol. The molecule has 1 aliphatic heterocycles. The fourth-order valence-corrected chi connectivity index (χ4v) is 2.98. The number of anilines is 2. The first-order valence-corrected chi connectivity index (χ1v) is 8.56. The van der Waals surface area contributed by atoms with Crippen molar-refractivity contribution in [2.75, 3.05) is 10.2 Å². The molecule has 1 saturated heterocycles. The summed E-state index contributed by atoms with van der Waals surface area (Å²) >= 11 is 5.57. The van der Waals surface area contributed by atoms with Crippen molar-refractivity contribution >= 4 is 61.7 Å². The molecule has 22 heavy (non-hydrogen) atoms. The number of benzene rings is 2. The van der Waals surface area contributed by atoms with Crippen LogP contribution >= 0.6 is 38.5 Å². The van der Waals surface area contributed by atoms with E-state index in [1.54, 1.807) is 12.1 Å². The van der Waals surface area contributed by atoms with E-state index in [2.05, 4.69) is 43.8 Å². The van der Waals surface area contributed by atoms with Crippen molar-refractivity contribution in [2.45, 2.75) is 12.5 Å². The van der Waals surface area contributed by atoms with Gasteiger partial charge in [0.05, 0.1) is 12.1 Å². The summed E-state index contributed by atoms with van der Waals surface area (Å²) < 4.78 is 2.03. The molecule has 0 bridgehead atoms. The first kappa shape index (κ1) is 15.5. The number of nitrogens with zero attached hydrogens (tertiary/aromatic N) is 1. The average molecular weight is 471 g/mol. The second kappa shape index (κ2) is 6.37. The highest BCUT2D eigenvalue weighted by molar-refractivity contribution is 14.1. The van der Waals surface area contributed by atoms with Crippen molar-refractivity contribution in [3.63, 3.8) is 0 Å². The predicted molar refractivity (Wildman–Crippen MR) is 97.8 cm³/mol. The van der Waals surface area contributed by atoms with Gasteiger partial charge in [-0.15, -0.1) is 0 Å². The van der Waals surface area contributed by atoms with E-state index in [1.807, 2.05) is 36.4 Å². The van der Waals surface area contributed by atoms with Gasteiger partial charge < -0.3 is 5.32 Å². The molecule has 0 aromatic heterocycles. The minimum absolute atomic E-state index is 0.168. The van der Waals surface area contributed by atoms with E-state index in [-0.39, 0.29) is 18.2 Å². The summed E-state index contributed by atoms with van der Waals surface area (Å²) in [7, 11) is 0. The second-order valence-corrected chi connectivity index (χ2v) is 7.11. The van der Waals surface area contributed by atoms with Gasteiger partial charge in [-0.2, -0.15) is 0 Å². The van der Waals surface area contributed by atoms with Crippen LogP contribution in [0.1, 0.15) is 6.42 Å². The van der Waals surface area contributed by atoms with Crippen molar-refractivity contribution in [3.05, 3.63) is 56.6 Å². The minimum atomic E-state index is -0.517. The molecule has 1 N–H and O–H groups in total. The fraction of sp³-hybridized carbons (Fsp3) is 0.125. The van der Waals surface area contributed by atoms with Crippen LogP contribution in [0.4, 0.5) is 11.4 Å². The molecule has 0 radical (unpaired) electrons. The van der Waals surface area contributed by atoms with Crippen LogP contribution in [0.25, 0.3) is 0 Å². The molecule has 2 aromatic rings. The zero-order valence-corrected chi connectivity index (χ0v) is 15.2. The number of rotatable bonds is 3. The highest BCUT2D eigenvalue weighted by atomic mass is 127. The molecule has 2 aromatic carbocycles. The quantitative estimate of drug-likeness (QED) is 0.548. The number of imide groups is 1. The topological polar surface area (TPSA) is 49.4 Å². The van der Waals surface area contributed by atoms with Crippen molar-refractivity contribution in [2.24, 2.45) is 0 Å². The van der Waals surface area contributed by atoms with Crippen LogP contribution in [-0.4, -0.2) is 17.9 Å². The molecule has 0 spiro atoms. The first-order valence-electron chi connectivity index (χ1n) is 6.69. The molecule has 0 saturated carbocycles. The Morgan fingerprint density at radius 2 is 1.68 bits per heavy atom. The minimum Gasteiger partial charge on any atom is -0.373 e. The third-order valence-electron chi connectivity index (χ3n) is 3.42. The van der Waals surface area contributed by atoms with Crippen LogP contribution in [0.15, 0.2) is 53.0 Å². The number of hydrogen-bond acceptors (Lipinski definition) is 3. The third kappa shape index (κ3) is 3.17. The molecule has 0 aliphatic carbocycles. The predicted octanol–water partition coefficient (Wildman–Crippen LogP) is 3.80. The largest absolute Gasteiger partial charge is 0.373 e. The molecule has 1 unspecified atom stereocenters. The number of carbonyl (C=O) groups excluding carboxylic acids is 2. The average Bonchev–Trinajstić information content (AvgIpc) is 2.77. The van der Waals surface area contributed by atoms with Gasteiger partial charge in [-0.1, -0.05) is 15.9 Å². The highest BCUT2D eigenvalue weighted by Gasteiger charge is 2.39. The Morgan fingerprint density at radius 3 is 2.32 bits per heavy atom. The number of nitrogens with one attached hydrogen (secondary N) is 1. The van der Waals surface area contributed by atoms with Crippen molar-refractivity contribution in [3.8, 4) is 0 Å². The smallest absolute Gasteiger partial charge is 0.256 e. The van der Waals surface area contributed by atoms with Gasteiger partial charge in [0.1, 0.15) is 6.04 Å². The van der Waals surface area contributed by atoms with E-state index in [0.717, 1.165) is 13.7 Å². The summed E-state index contributed by atoms with van der Waals surface area (Å²) in [4.78, 5) is 25.9. The van der Waals surface area contributed by atoms with Gasteiger partial charge in [-0.3, -0.25) is 9.59 Å². The summed E-state index contributed by atoms with van der Waals surface area (Å²) in [6, 6.07) is 14.3. The standard InChI is InChI=1S/C16H12BrIN2O2/c17-10-1-7-13(8-2-10)20-15(21)9-14(16(20)22)19-12-5-3-11(18)4-6-12/h1-8,14,19H,9H2. The molecule has 3 rings (SSSR count). The number of hydrogen-bond donors (Lipinski definition) is 1. The van der Waals surface area contributed by atoms with E-state index < -0.39 is 6.04 Å². The molecule has 6 heteroatoms. The Hall–Kier alpha value is -1.41. The Kier molecular flexibility index (Phi) is 4.49. The summed E-state index contributed by atoms with van der Waals surface area (Å²) in [5, 5.41) is 3.13. The highest BCUT2D eigenvalue weighted by Crippen LogP contribution is 2.26. The van der Waals surface area contributed by atoms with Gasteiger partial charge in [0.2, 0.25) is 5.91 Å². The van der Waals surface area contributed by atoms with Gasteiger partial charge in [-0.25, -0.2) is 4.90 Å². The number of amides is 2. The van der Waals surface area contributed by atoms with Crippen molar-refractivity contribution < 1.29 is 9.59 Å². The van der Waals surface area contributed by atoms with E-state index in [4.69, 9.17) is 0 Å². The van der Waals surface area contributed by atoms with Crippen LogP contribution in [0.3, 0.4) is 0 Å². The number of halogens is 2. The van der Waals surface area contributed by atoms with E-state index in [9.17, 15) is 9.59 Å². The van der Waals surface area contributed by atoms with E-state index in [0.29, 0.717) is 5.69 Å². The molecule has 4 nitrogen and oxygen atoms in total. The molecule has 112 valence electrons. The lowest BCUT2D eigenvalue weighted by molar-refractivity contribution is -0.121. The van der Waals surface area contributed by atoms with Gasteiger partial charge in [0.25, 0.3) is 5.91 Å². The third-order valence-corrected chi connectivity index (χ3v) is 4.66. The summed E-state index contributed by atoms with van der Waals surface area (Å²) in [6.45, 7) is 0. The Balaban J connectivity index is 1.79. The van der Waals surface area contributed by atoms with Crippen molar-refractivity contribution in [1.29, 1.82) is 0 Å². The van der Waals surface area contributed by atoms with E-state index >= 15 is 0 Å². The molecular formula is C16H12BrIN2O2. The zero-order chi connectivity index (χ0) is 15.7. The molecule has 1 fully saturated rings. The normalized spacial score (nSPS) is 17.9. The summed E-state index contributed by atoms with van der Waals surface area (Å²) in [5.41, 5.74) is 1.44. The lowest BCUT2D eigenvalue weighted by Gasteiger charge is -2.16. The Morgan fingerprint density at radius 1 is 1.05 bits per heavy atom. The van der Waals surface area contributed by atoms with Crippen LogP contribution in [0.5, 0.6) is 0 Å². The van der Waals surface area contributed by atoms with Gasteiger partial charge >= 0.3 is 0 Å². The van der Waals surface area contributed by atoms with Gasteiger partial charge in [-0.05, 0) is 71.1 Å². The molecule has 1 atom stereocenters. The summed E-state index contributed by atoms with van der Waals surface area (Å²) in [5.74, 6) is -0.402. The first-order chi connectivity index (χ1) is 10.5. The lowest BCUT2D eigenvalue weighted by atomic mass is 10.2. The maximum Gasteiger partial charge on any atom is 0.256 e. The zero-order valence-electron chi connectivity index (χ0n) is 11.4. The van der Waals surface area contributed by atoms with Crippen LogP contribution < -0.4 is 10.2 Å². The number of carbonyl (C=O) groups is 2. The lowest BCUT2D eigenvalue weighted by Crippen LogP contribution is -2.34.